The number of H-pyrrole nitrogens is 1. The van der Waals surface area contributed by atoms with Crippen LogP contribution in [-0.4, -0.2) is 76.7 Å². The number of phosphoric ester groups is 1. The number of phosphoric acid groups is 1. The van der Waals surface area contributed by atoms with Crippen molar-refractivity contribution in [2.24, 2.45) is 0 Å². The molecule has 0 saturated carbocycles. The molecule has 1 aromatic carbocycles. The molecule has 15 heteroatoms. The molecular weight excluding hydrogens is 451 g/mol. The van der Waals surface area contributed by atoms with Crippen molar-refractivity contribution < 1.29 is 38.9 Å². The summed E-state index contributed by atoms with van der Waals surface area (Å²) in [7, 11) is -3.48. The first kappa shape index (κ1) is 23.9. The second-order valence-corrected chi connectivity index (χ2v) is 8.23. The van der Waals surface area contributed by atoms with Crippen molar-refractivity contribution in [3.63, 3.8) is 0 Å². The standard InChI is InChI=1S/C17H21N4O10P/c1-7-3-8-9(4-12(7)30-2)21(15-13(18-8)16(25)20-17(26)19-15)5-10(22)14(24)11(23)6-31-32(27,28)29/h3-4,10-11,14,22-24H,5-6H2,1-2H3,(H,20,25,26)(H2,27,28,29)/t10-,11+,14-/m0/s1. The van der Waals surface area contributed by atoms with Crippen LogP contribution in [0.1, 0.15) is 5.56 Å². The minimum atomic E-state index is -4.91. The first-order valence-corrected chi connectivity index (χ1v) is 10.7. The fourth-order valence-corrected chi connectivity index (χ4v) is 3.50. The van der Waals surface area contributed by atoms with Gasteiger partial charge in [0.1, 0.15) is 24.1 Å². The highest BCUT2D eigenvalue weighted by atomic mass is 31.2. The lowest BCUT2D eigenvalue weighted by Crippen LogP contribution is -2.42. The maximum absolute atomic E-state index is 12.3. The Morgan fingerprint density at radius 2 is 1.84 bits per heavy atom. The van der Waals surface area contributed by atoms with Crippen molar-refractivity contribution in [1.82, 2.24) is 19.5 Å². The molecule has 2 aliphatic rings. The van der Waals surface area contributed by atoms with Gasteiger partial charge >= 0.3 is 13.5 Å². The molecule has 0 saturated heterocycles. The van der Waals surface area contributed by atoms with Crippen molar-refractivity contribution in [2.75, 3.05) is 13.7 Å². The normalized spacial score (nSPS) is 15.1. The van der Waals surface area contributed by atoms with E-state index in [1.807, 2.05) is 4.98 Å². The third kappa shape index (κ3) is 5.02. The monoisotopic (exact) mass is 472 g/mol. The fraction of sp³-hybridized carbons (Fsp3) is 0.412. The van der Waals surface area contributed by atoms with Crippen molar-refractivity contribution in [1.29, 1.82) is 0 Å². The van der Waals surface area contributed by atoms with Gasteiger partial charge in [-0.05, 0) is 18.6 Å². The van der Waals surface area contributed by atoms with Gasteiger partial charge in [0.05, 0.1) is 31.3 Å². The van der Waals surface area contributed by atoms with Crippen molar-refractivity contribution in [3.8, 4) is 17.3 Å². The average molecular weight is 472 g/mol. The van der Waals surface area contributed by atoms with Gasteiger partial charge < -0.3 is 34.4 Å². The minimum Gasteiger partial charge on any atom is -0.496 e. The number of benzene rings is 1. The molecule has 32 heavy (non-hydrogen) atoms. The van der Waals surface area contributed by atoms with Crippen LogP contribution in [0.3, 0.4) is 0 Å². The van der Waals surface area contributed by atoms with Gasteiger partial charge in [-0.25, -0.2) is 14.3 Å². The second-order valence-electron chi connectivity index (χ2n) is 6.99. The molecule has 174 valence electrons. The highest BCUT2D eigenvalue weighted by Crippen LogP contribution is 2.36. The number of aliphatic hydroxyl groups excluding tert-OH is 3. The predicted molar refractivity (Wildman–Crippen MR) is 108 cm³/mol. The van der Waals surface area contributed by atoms with Gasteiger partial charge in [0.15, 0.2) is 11.5 Å². The third-order valence-corrected chi connectivity index (χ3v) is 5.18. The lowest BCUT2D eigenvalue weighted by molar-refractivity contribution is -0.0793. The molecule has 3 atom stereocenters. The Bertz CT molecular complexity index is 1270. The van der Waals surface area contributed by atoms with Crippen LogP contribution >= 0.6 is 7.82 Å². The number of nitrogens with zero attached hydrogens (tertiary/aromatic N) is 3. The number of rotatable bonds is 8. The zero-order valence-corrected chi connectivity index (χ0v) is 17.8. The molecule has 0 bridgehead atoms. The van der Waals surface area contributed by atoms with Crippen LogP contribution in [0.5, 0.6) is 5.75 Å². The zero-order valence-electron chi connectivity index (χ0n) is 16.9. The molecular formula is C17H21N4O10P. The first-order valence-electron chi connectivity index (χ1n) is 9.14. The molecule has 0 aromatic heterocycles. The Kier molecular flexibility index (Phi) is 6.76. The summed E-state index contributed by atoms with van der Waals surface area (Å²) in [5.74, 6) is 0.245. The van der Waals surface area contributed by atoms with Gasteiger partial charge in [0.2, 0.25) is 0 Å². The molecule has 2 heterocycles. The minimum absolute atomic E-state index is 0.190. The predicted octanol–water partition coefficient (Wildman–Crippen LogP) is -1.91. The van der Waals surface area contributed by atoms with E-state index in [9.17, 15) is 29.5 Å². The molecule has 0 amide bonds. The molecule has 1 aromatic rings. The molecule has 3 rings (SSSR count). The molecule has 0 aliphatic carbocycles. The van der Waals surface area contributed by atoms with Gasteiger partial charge in [0.25, 0.3) is 5.56 Å². The molecule has 0 fully saturated rings. The molecule has 2 aliphatic heterocycles. The number of aromatic amines is 1. The van der Waals surface area contributed by atoms with Gasteiger partial charge in [-0.2, -0.15) is 4.98 Å². The van der Waals surface area contributed by atoms with E-state index in [1.54, 1.807) is 13.0 Å². The van der Waals surface area contributed by atoms with E-state index in [-0.39, 0.29) is 11.5 Å². The summed E-state index contributed by atoms with van der Waals surface area (Å²) in [4.78, 5) is 51.5. The number of nitrogens with one attached hydrogen (secondary N) is 1. The summed E-state index contributed by atoms with van der Waals surface area (Å²) in [5.41, 5.74) is -0.683. The third-order valence-electron chi connectivity index (χ3n) is 4.70. The number of fused-ring (bicyclic) bond motifs is 2. The number of hydrogen-bond acceptors (Lipinski definition) is 10. The SMILES string of the molecule is COc1cc2c(cc1C)nc1c(=O)[nH]c(=O)nc-1n2C[C@H](O)[C@H](O)[C@H](O)COP(=O)(O)O. The number of methoxy groups -OCH3 is 1. The van der Waals surface area contributed by atoms with Crippen LogP contribution in [0.4, 0.5) is 0 Å². The quantitative estimate of drug-likeness (QED) is 0.156. The maximum Gasteiger partial charge on any atom is 0.469 e. The van der Waals surface area contributed by atoms with E-state index in [0.717, 1.165) is 0 Å². The molecule has 14 nitrogen and oxygen atoms in total. The van der Waals surface area contributed by atoms with Crippen LogP contribution in [0, 0.1) is 6.92 Å². The zero-order chi connectivity index (χ0) is 23.8. The summed E-state index contributed by atoms with van der Waals surface area (Å²) >= 11 is 0. The smallest absolute Gasteiger partial charge is 0.469 e. The molecule has 6 N–H and O–H groups in total. The first-order chi connectivity index (χ1) is 14.9. The van der Waals surface area contributed by atoms with E-state index < -0.39 is 50.5 Å². The highest BCUT2D eigenvalue weighted by molar-refractivity contribution is 7.46. The van der Waals surface area contributed by atoms with Crippen molar-refractivity contribution in [3.05, 3.63) is 38.5 Å². The Balaban J connectivity index is 2.09. The van der Waals surface area contributed by atoms with Crippen molar-refractivity contribution >= 4 is 18.9 Å². The van der Waals surface area contributed by atoms with Crippen LogP contribution in [0.25, 0.3) is 22.6 Å². The number of aromatic nitrogens is 4. The Morgan fingerprint density at radius 3 is 2.47 bits per heavy atom. The van der Waals surface area contributed by atoms with Crippen LogP contribution in [0.15, 0.2) is 21.7 Å². The number of hydrogen-bond donors (Lipinski definition) is 6. The Hall–Kier alpha value is -2.71. The highest BCUT2D eigenvalue weighted by Gasteiger charge is 2.30. The van der Waals surface area contributed by atoms with E-state index in [4.69, 9.17) is 14.5 Å². The lowest BCUT2D eigenvalue weighted by Gasteiger charge is -2.25. The largest absolute Gasteiger partial charge is 0.496 e. The Morgan fingerprint density at radius 1 is 1.16 bits per heavy atom. The second kappa shape index (κ2) is 9.03. The van der Waals surface area contributed by atoms with Crippen LogP contribution in [-0.2, 0) is 15.6 Å². The van der Waals surface area contributed by atoms with E-state index in [1.165, 1.54) is 17.7 Å². The summed E-state index contributed by atoms with van der Waals surface area (Å²) in [6, 6.07) is 3.15. The Labute approximate surface area is 179 Å². The molecule has 0 unspecified atom stereocenters. The average Bonchev–Trinajstić information content (AvgIpc) is 2.70. The van der Waals surface area contributed by atoms with E-state index in [0.29, 0.717) is 22.3 Å². The topological polar surface area (TPSA) is 217 Å². The molecule has 0 radical (unpaired) electrons. The maximum atomic E-state index is 12.3. The van der Waals surface area contributed by atoms with Crippen LogP contribution in [0.2, 0.25) is 0 Å². The van der Waals surface area contributed by atoms with E-state index >= 15 is 0 Å². The summed E-state index contributed by atoms with van der Waals surface area (Å²) in [6.07, 6.45) is -5.50. The summed E-state index contributed by atoms with van der Waals surface area (Å²) in [6.45, 7) is 0.306. The van der Waals surface area contributed by atoms with Gasteiger partial charge in [-0.15, -0.1) is 0 Å². The van der Waals surface area contributed by atoms with Gasteiger partial charge in [-0.1, -0.05) is 0 Å². The summed E-state index contributed by atoms with van der Waals surface area (Å²) in [5, 5.41) is 30.6. The van der Waals surface area contributed by atoms with Gasteiger partial charge in [-0.3, -0.25) is 14.3 Å². The van der Waals surface area contributed by atoms with Crippen molar-refractivity contribution in [2.45, 2.75) is 31.8 Å². The number of ether oxygens (including phenoxy) is 1. The number of aliphatic hydroxyl groups is 3. The summed E-state index contributed by atoms with van der Waals surface area (Å²) < 4.78 is 21.5. The number of aryl methyl sites for hydroxylation is 1. The molecule has 0 spiro atoms. The fourth-order valence-electron chi connectivity index (χ4n) is 3.15. The van der Waals surface area contributed by atoms with Crippen LogP contribution < -0.4 is 16.0 Å². The van der Waals surface area contributed by atoms with Gasteiger partial charge in [0, 0.05) is 6.07 Å². The lowest BCUT2D eigenvalue weighted by atomic mass is 10.1. The van der Waals surface area contributed by atoms with E-state index in [2.05, 4.69) is 14.5 Å².